The van der Waals surface area contributed by atoms with Crippen LogP contribution in [-0.4, -0.2) is 23.0 Å². The highest BCUT2D eigenvalue weighted by atomic mass is 16.5. The van der Waals surface area contributed by atoms with E-state index >= 15 is 0 Å². The lowest BCUT2D eigenvalue weighted by Gasteiger charge is -2.05. The summed E-state index contributed by atoms with van der Waals surface area (Å²) in [7, 11) is 1.37. The maximum Gasteiger partial charge on any atom is 0.311 e. The molecule has 2 aromatic rings. The van der Waals surface area contributed by atoms with Gasteiger partial charge in [-0.25, -0.2) is 0 Å². The summed E-state index contributed by atoms with van der Waals surface area (Å²) in [6.45, 7) is 1.96. The first-order valence-corrected chi connectivity index (χ1v) is 5.64. The van der Waals surface area contributed by atoms with Gasteiger partial charge in [0.1, 0.15) is 0 Å². The number of hydrogen-bond donors (Lipinski definition) is 0. The van der Waals surface area contributed by atoms with Crippen LogP contribution in [0, 0.1) is 6.92 Å². The Hall–Kier alpha value is -2.23. The van der Waals surface area contributed by atoms with Crippen molar-refractivity contribution in [2.24, 2.45) is 0 Å². The van der Waals surface area contributed by atoms with Crippen molar-refractivity contribution in [2.75, 3.05) is 7.11 Å². The number of carbonyl (C=O) groups is 1. The zero-order valence-corrected chi connectivity index (χ0v) is 10.4. The van der Waals surface area contributed by atoms with Crippen molar-refractivity contribution < 1.29 is 9.53 Å². The Morgan fingerprint density at radius 3 is 2.72 bits per heavy atom. The van der Waals surface area contributed by atoms with Gasteiger partial charge in [0.15, 0.2) is 0 Å². The highest BCUT2D eigenvalue weighted by Crippen LogP contribution is 2.20. The van der Waals surface area contributed by atoms with Crippen molar-refractivity contribution >= 4 is 5.97 Å². The number of hydrogen-bond acceptors (Lipinski definition) is 4. The molecule has 4 nitrogen and oxygen atoms in total. The largest absolute Gasteiger partial charge is 0.469 e. The van der Waals surface area contributed by atoms with E-state index in [1.165, 1.54) is 7.11 Å². The summed E-state index contributed by atoms with van der Waals surface area (Å²) in [5.74, 6) is -0.284. The molecule has 4 heteroatoms. The molecule has 0 fully saturated rings. The molecule has 0 aliphatic rings. The molecule has 0 aliphatic carbocycles. The summed E-state index contributed by atoms with van der Waals surface area (Å²) in [6.07, 6.45) is 3.71. The number of esters is 1. The molecule has 2 aromatic heterocycles. The minimum absolute atomic E-state index is 0.197. The Morgan fingerprint density at radius 2 is 2.11 bits per heavy atom. The van der Waals surface area contributed by atoms with Gasteiger partial charge in [-0.15, -0.1) is 0 Å². The summed E-state index contributed by atoms with van der Waals surface area (Å²) in [6, 6.07) is 7.66. The van der Waals surface area contributed by atoms with Crippen LogP contribution in [0.15, 0.2) is 36.7 Å². The second kappa shape index (κ2) is 5.40. The molecule has 0 unspecified atom stereocenters. The highest BCUT2D eigenvalue weighted by molar-refractivity contribution is 5.72. The number of pyridine rings is 2. The van der Waals surface area contributed by atoms with E-state index in [0.717, 1.165) is 16.8 Å². The maximum absolute atomic E-state index is 11.1. The summed E-state index contributed by atoms with van der Waals surface area (Å²) in [5.41, 5.74) is 3.70. The van der Waals surface area contributed by atoms with Crippen molar-refractivity contribution in [3.8, 4) is 11.1 Å². The topological polar surface area (TPSA) is 52.1 Å². The van der Waals surface area contributed by atoms with Gasteiger partial charge in [-0.3, -0.25) is 14.8 Å². The molecule has 0 atom stereocenters. The van der Waals surface area contributed by atoms with Crippen LogP contribution in [0.3, 0.4) is 0 Å². The Morgan fingerprint density at radius 1 is 1.28 bits per heavy atom. The predicted octanol–water partition coefficient (Wildman–Crippen LogP) is 2.17. The summed E-state index contributed by atoms with van der Waals surface area (Å²) in [5, 5.41) is 0. The summed E-state index contributed by atoms with van der Waals surface area (Å²) >= 11 is 0. The van der Waals surface area contributed by atoms with Crippen LogP contribution in [0.1, 0.15) is 11.4 Å². The SMILES string of the molecule is COC(=O)Cc1ccc(-c2cccnc2C)cn1. The molecule has 0 aliphatic heterocycles. The van der Waals surface area contributed by atoms with Crippen molar-refractivity contribution in [2.45, 2.75) is 13.3 Å². The van der Waals surface area contributed by atoms with E-state index in [9.17, 15) is 4.79 Å². The van der Waals surface area contributed by atoms with E-state index in [1.54, 1.807) is 12.4 Å². The first-order chi connectivity index (χ1) is 8.70. The smallest absolute Gasteiger partial charge is 0.311 e. The number of rotatable bonds is 3. The van der Waals surface area contributed by atoms with Gasteiger partial charge in [-0.1, -0.05) is 12.1 Å². The fourth-order valence-electron chi connectivity index (χ4n) is 1.70. The van der Waals surface area contributed by atoms with Gasteiger partial charge in [-0.2, -0.15) is 0 Å². The predicted molar refractivity (Wildman–Crippen MR) is 67.9 cm³/mol. The Bertz CT molecular complexity index is 550. The quantitative estimate of drug-likeness (QED) is 0.774. The van der Waals surface area contributed by atoms with Crippen LogP contribution in [-0.2, 0) is 16.0 Å². The minimum atomic E-state index is -0.284. The number of nitrogens with zero attached hydrogens (tertiary/aromatic N) is 2. The van der Waals surface area contributed by atoms with Crippen molar-refractivity contribution in [3.63, 3.8) is 0 Å². The molecule has 0 radical (unpaired) electrons. The third-order valence-electron chi connectivity index (χ3n) is 2.70. The van der Waals surface area contributed by atoms with Crippen LogP contribution in [0.4, 0.5) is 0 Å². The second-order valence-electron chi connectivity index (χ2n) is 3.93. The normalized spacial score (nSPS) is 10.1. The molecule has 0 bridgehead atoms. The highest BCUT2D eigenvalue weighted by Gasteiger charge is 2.06. The van der Waals surface area contributed by atoms with E-state index < -0.39 is 0 Å². The van der Waals surface area contributed by atoms with E-state index in [0.29, 0.717) is 5.69 Å². The standard InChI is InChI=1S/C14H14N2O2/c1-10-13(4-3-7-15-10)11-5-6-12(16-9-11)8-14(17)18-2/h3-7,9H,8H2,1-2H3. The molecule has 92 valence electrons. The number of methoxy groups -OCH3 is 1. The van der Waals surface area contributed by atoms with E-state index in [1.807, 2.05) is 31.2 Å². The van der Waals surface area contributed by atoms with Crippen LogP contribution in [0.2, 0.25) is 0 Å². The fourth-order valence-corrected chi connectivity index (χ4v) is 1.70. The molecular formula is C14H14N2O2. The van der Waals surface area contributed by atoms with Gasteiger partial charge in [0.2, 0.25) is 0 Å². The first-order valence-electron chi connectivity index (χ1n) is 5.64. The molecule has 0 aromatic carbocycles. The molecule has 2 rings (SSSR count). The molecule has 2 heterocycles. The molecule has 0 amide bonds. The van der Waals surface area contributed by atoms with Gasteiger partial charge >= 0.3 is 5.97 Å². The molecule has 0 N–H and O–H groups in total. The van der Waals surface area contributed by atoms with Crippen molar-refractivity contribution in [1.82, 2.24) is 9.97 Å². The molecular weight excluding hydrogens is 228 g/mol. The van der Waals surface area contributed by atoms with Crippen LogP contribution in [0.5, 0.6) is 0 Å². The Balaban J connectivity index is 2.23. The monoisotopic (exact) mass is 242 g/mol. The molecule has 0 spiro atoms. The van der Waals surface area contributed by atoms with Gasteiger partial charge in [0.25, 0.3) is 0 Å². The van der Waals surface area contributed by atoms with Crippen LogP contribution < -0.4 is 0 Å². The first kappa shape index (κ1) is 12.2. The van der Waals surface area contributed by atoms with Crippen LogP contribution in [0.25, 0.3) is 11.1 Å². The molecule has 0 saturated heterocycles. The third kappa shape index (κ3) is 2.71. The number of ether oxygens (including phenoxy) is 1. The zero-order chi connectivity index (χ0) is 13.0. The summed E-state index contributed by atoms with van der Waals surface area (Å²) < 4.78 is 4.60. The maximum atomic E-state index is 11.1. The Labute approximate surface area is 106 Å². The number of carbonyl (C=O) groups excluding carboxylic acids is 1. The van der Waals surface area contributed by atoms with Gasteiger partial charge < -0.3 is 4.74 Å². The summed E-state index contributed by atoms with van der Waals surface area (Å²) in [4.78, 5) is 19.6. The van der Waals surface area contributed by atoms with E-state index in [-0.39, 0.29) is 12.4 Å². The average molecular weight is 242 g/mol. The van der Waals surface area contributed by atoms with E-state index in [2.05, 4.69) is 14.7 Å². The molecule has 18 heavy (non-hydrogen) atoms. The molecule has 0 saturated carbocycles. The lowest BCUT2D eigenvalue weighted by molar-refractivity contribution is -0.139. The number of aryl methyl sites for hydroxylation is 1. The van der Waals surface area contributed by atoms with Crippen molar-refractivity contribution in [1.29, 1.82) is 0 Å². The lowest BCUT2D eigenvalue weighted by atomic mass is 10.1. The van der Waals surface area contributed by atoms with Gasteiger partial charge in [0.05, 0.1) is 19.2 Å². The van der Waals surface area contributed by atoms with E-state index in [4.69, 9.17) is 0 Å². The lowest BCUT2D eigenvalue weighted by Crippen LogP contribution is -2.05. The average Bonchev–Trinajstić information content (AvgIpc) is 2.40. The minimum Gasteiger partial charge on any atom is -0.469 e. The van der Waals surface area contributed by atoms with Gasteiger partial charge in [-0.05, 0) is 19.1 Å². The fraction of sp³-hybridized carbons (Fsp3) is 0.214. The van der Waals surface area contributed by atoms with Crippen LogP contribution >= 0.6 is 0 Å². The third-order valence-corrected chi connectivity index (χ3v) is 2.70. The number of aromatic nitrogens is 2. The Kier molecular flexibility index (Phi) is 3.67. The zero-order valence-electron chi connectivity index (χ0n) is 10.4. The van der Waals surface area contributed by atoms with Gasteiger partial charge in [0, 0.05) is 29.2 Å². The van der Waals surface area contributed by atoms with Crippen molar-refractivity contribution in [3.05, 3.63) is 48.0 Å². The second-order valence-corrected chi connectivity index (χ2v) is 3.93.